The molecule has 1 aromatic heterocycles. The summed E-state index contributed by atoms with van der Waals surface area (Å²) in [6.07, 6.45) is 2.22. The van der Waals surface area contributed by atoms with Crippen LogP contribution >= 0.6 is 11.3 Å². The van der Waals surface area contributed by atoms with E-state index in [1.54, 1.807) is 0 Å². The Bertz CT molecular complexity index is 631. The zero-order valence-electron chi connectivity index (χ0n) is 10.1. The first-order valence-corrected chi connectivity index (χ1v) is 8.40. The number of thiophene rings is 1. The SMILES string of the molecule is O=C(O)c1c(S(=O)(=O)NC2CC2)sc2c1CCNC2. The molecular weight excluding hydrogens is 288 g/mol. The standard InChI is InChI=1S/C11H14N2O4S2/c14-10(15)9-7-3-4-12-5-8(7)18-11(9)19(16,17)13-6-1-2-6/h6,12-13H,1-5H2,(H,14,15). The summed E-state index contributed by atoms with van der Waals surface area (Å²) in [5.41, 5.74) is 0.641. The summed E-state index contributed by atoms with van der Waals surface area (Å²) < 4.78 is 27.0. The molecule has 1 saturated carbocycles. The molecule has 0 amide bonds. The quantitative estimate of drug-likeness (QED) is 0.754. The van der Waals surface area contributed by atoms with Crippen molar-refractivity contribution in [1.82, 2.24) is 10.0 Å². The number of rotatable bonds is 4. The van der Waals surface area contributed by atoms with Crippen molar-refractivity contribution in [3.05, 3.63) is 16.0 Å². The van der Waals surface area contributed by atoms with Gasteiger partial charge in [-0.05, 0) is 31.4 Å². The van der Waals surface area contributed by atoms with E-state index in [4.69, 9.17) is 0 Å². The van der Waals surface area contributed by atoms with Gasteiger partial charge in [0, 0.05) is 17.5 Å². The lowest BCUT2D eigenvalue weighted by Crippen LogP contribution is -2.27. The minimum Gasteiger partial charge on any atom is -0.478 e. The minimum absolute atomic E-state index is 0.0242. The van der Waals surface area contributed by atoms with Gasteiger partial charge in [-0.25, -0.2) is 17.9 Å². The van der Waals surface area contributed by atoms with Crippen molar-refractivity contribution < 1.29 is 18.3 Å². The van der Waals surface area contributed by atoms with Crippen molar-refractivity contribution in [3.8, 4) is 0 Å². The first kappa shape index (κ1) is 13.0. The number of nitrogens with one attached hydrogen (secondary N) is 2. The summed E-state index contributed by atoms with van der Waals surface area (Å²) in [4.78, 5) is 12.2. The van der Waals surface area contributed by atoms with Gasteiger partial charge in [0.2, 0.25) is 0 Å². The average Bonchev–Trinajstić information content (AvgIpc) is 3.05. The van der Waals surface area contributed by atoms with Crippen LogP contribution in [0.2, 0.25) is 0 Å². The van der Waals surface area contributed by atoms with E-state index in [1.807, 2.05) is 0 Å². The molecule has 0 spiro atoms. The maximum atomic E-state index is 12.2. The fraction of sp³-hybridized carbons (Fsp3) is 0.545. The van der Waals surface area contributed by atoms with Crippen molar-refractivity contribution in [2.45, 2.75) is 36.1 Å². The van der Waals surface area contributed by atoms with Crippen LogP contribution in [0.5, 0.6) is 0 Å². The van der Waals surface area contributed by atoms with E-state index in [0.717, 1.165) is 29.1 Å². The number of hydrogen-bond donors (Lipinski definition) is 3. The molecule has 2 aliphatic rings. The molecule has 3 N–H and O–H groups in total. The van der Waals surface area contributed by atoms with Crippen molar-refractivity contribution in [3.63, 3.8) is 0 Å². The Balaban J connectivity index is 2.09. The highest BCUT2D eigenvalue weighted by Gasteiger charge is 2.35. The molecule has 0 atom stereocenters. The summed E-state index contributed by atoms with van der Waals surface area (Å²) in [6, 6.07) is -0.0242. The zero-order chi connectivity index (χ0) is 13.6. The molecule has 1 aromatic rings. The third-order valence-corrected chi connectivity index (χ3v) is 6.52. The van der Waals surface area contributed by atoms with Crippen molar-refractivity contribution in [2.24, 2.45) is 0 Å². The molecule has 0 saturated heterocycles. The lowest BCUT2D eigenvalue weighted by molar-refractivity contribution is 0.0692. The van der Waals surface area contributed by atoms with E-state index >= 15 is 0 Å². The Labute approximate surface area is 114 Å². The molecule has 2 heterocycles. The van der Waals surface area contributed by atoms with Gasteiger partial charge in [0.25, 0.3) is 10.0 Å². The Kier molecular flexibility index (Phi) is 3.12. The number of fused-ring (bicyclic) bond motifs is 1. The van der Waals surface area contributed by atoms with Crippen molar-refractivity contribution >= 4 is 27.3 Å². The third kappa shape index (κ3) is 2.40. The zero-order valence-corrected chi connectivity index (χ0v) is 11.7. The van der Waals surface area contributed by atoms with E-state index in [-0.39, 0.29) is 15.8 Å². The number of hydrogen-bond acceptors (Lipinski definition) is 5. The van der Waals surface area contributed by atoms with Crippen LogP contribution in [0.1, 0.15) is 33.6 Å². The molecule has 19 heavy (non-hydrogen) atoms. The van der Waals surface area contributed by atoms with Crippen LogP contribution in [0.15, 0.2) is 4.21 Å². The Morgan fingerprint density at radius 3 is 2.79 bits per heavy atom. The maximum Gasteiger partial charge on any atom is 0.338 e. The van der Waals surface area contributed by atoms with Gasteiger partial charge in [0.05, 0.1) is 5.56 Å². The predicted octanol–water partition coefficient (Wildman–Crippen LogP) is 0.533. The van der Waals surface area contributed by atoms with Gasteiger partial charge in [-0.2, -0.15) is 0 Å². The van der Waals surface area contributed by atoms with Gasteiger partial charge in [0.15, 0.2) is 0 Å². The van der Waals surface area contributed by atoms with E-state index in [1.165, 1.54) is 0 Å². The van der Waals surface area contributed by atoms with Crippen LogP contribution < -0.4 is 10.0 Å². The number of carbonyl (C=O) groups is 1. The van der Waals surface area contributed by atoms with Gasteiger partial charge in [0.1, 0.15) is 4.21 Å². The summed E-state index contributed by atoms with van der Waals surface area (Å²) >= 11 is 1.07. The Morgan fingerprint density at radius 1 is 1.42 bits per heavy atom. The van der Waals surface area contributed by atoms with Crippen molar-refractivity contribution in [2.75, 3.05) is 6.54 Å². The molecule has 104 valence electrons. The molecule has 6 nitrogen and oxygen atoms in total. The molecule has 1 fully saturated rings. The number of carboxylic acid groups (broad SMARTS) is 1. The summed E-state index contributed by atoms with van der Waals surface area (Å²) in [5, 5.41) is 12.4. The molecule has 3 rings (SSSR count). The van der Waals surface area contributed by atoms with E-state index in [9.17, 15) is 18.3 Å². The lowest BCUT2D eigenvalue weighted by Gasteiger charge is -2.12. The number of aromatic carboxylic acids is 1. The molecule has 1 aliphatic heterocycles. The highest BCUT2D eigenvalue weighted by molar-refractivity contribution is 7.91. The smallest absolute Gasteiger partial charge is 0.338 e. The van der Waals surface area contributed by atoms with Gasteiger partial charge >= 0.3 is 5.97 Å². The highest BCUT2D eigenvalue weighted by atomic mass is 32.2. The van der Waals surface area contributed by atoms with Crippen LogP contribution in [0.4, 0.5) is 0 Å². The molecule has 1 aliphatic carbocycles. The second-order valence-corrected chi connectivity index (χ2v) is 7.81. The van der Waals surface area contributed by atoms with E-state index in [2.05, 4.69) is 10.0 Å². The maximum absolute atomic E-state index is 12.2. The number of carboxylic acids is 1. The van der Waals surface area contributed by atoms with Gasteiger partial charge in [-0.3, -0.25) is 0 Å². The first-order chi connectivity index (χ1) is 8.99. The molecular formula is C11H14N2O4S2. The topological polar surface area (TPSA) is 95.5 Å². The molecule has 0 radical (unpaired) electrons. The second-order valence-electron chi connectivity index (χ2n) is 4.79. The van der Waals surface area contributed by atoms with E-state index in [0.29, 0.717) is 25.1 Å². The summed E-state index contributed by atoms with van der Waals surface area (Å²) in [6.45, 7) is 1.22. The fourth-order valence-corrected chi connectivity index (χ4v) is 5.37. The lowest BCUT2D eigenvalue weighted by atomic mass is 10.1. The third-order valence-electron chi connectivity index (χ3n) is 3.25. The second kappa shape index (κ2) is 4.55. The highest BCUT2D eigenvalue weighted by Crippen LogP contribution is 2.35. The largest absolute Gasteiger partial charge is 0.478 e. The monoisotopic (exact) mass is 302 g/mol. The van der Waals surface area contributed by atoms with Gasteiger partial charge in [-0.1, -0.05) is 0 Å². The van der Waals surface area contributed by atoms with Crippen molar-refractivity contribution in [1.29, 1.82) is 0 Å². The molecule has 0 unspecified atom stereocenters. The van der Waals surface area contributed by atoms with E-state index < -0.39 is 16.0 Å². The average molecular weight is 302 g/mol. The Morgan fingerprint density at radius 2 is 2.16 bits per heavy atom. The summed E-state index contributed by atoms with van der Waals surface area (Å²) in [5.74, 6) is -1.16. The van der Waals surface area contributed by atoms with Gasteiger partial charge in [-0.15, -0.1) is 11.3 Å². The molecule has 0 aromatic carbocycles. The normalized spacial score (nSPS) is 19.2. The van der Waals surface area contributed by atoms with Crippen LogP contribution in [-0.4, -0.2) is 32.1 Å². The molecule has 8 heteroatoms. The summed E-state index contributed by atoms with van der Waals surface area (Å²) in [7, 11) is -3.71. The van der Waals surface area contributed by atoms with Crippen LogP contribution in [0.3, 0.4) is 0 Å². The van der Waals surface area contributed by atoms with Crippen LogP contribution in [-0.2, 0) is 23.0 Å². The molecule has 0 bridgehead atoms. The fourth-order valence-electron chi connectivity index (χ4n) is 2.19. The first-order valence-electron chi connectivity index (χ1n) is 6.10. The van der Waals surface area contributed by atoms with Crippen LogP contribution in [0, 0.1) is 0 Å². The Hall–Kier alpha value is -0.960. The minimum atomic E-state index is -3.71. The van der Waals surface area contributed by atoms with Crippen LogP contribution in [0.25, 0.3) is 0 Å². The van der Waals surface area contributed by atoms with Gasteiger partial charge < -0.3 is 10.4 Å². The predicted molar refractivity (Wildman–Crippen MR) is 70.0 cm³/mol. The number of sulfonamides is 1.